The van der Waals surface area contributed by atoms with Gasteiger partial charge in [-0.15, -0.1) is 0 Å². The minimum absolute atomic E-state index is 0.0485. The van der Waals surface area contributed by atoms with Crippen LogP contribution >= 0.6 is 0 Å². The predicted molar refractivity (Wildman–Crippen MR) is 84.5 cm³/mol. The maximum absolute atomic E-state index is 12.6. The molecule has 3 aliphatic rings. The first-order valence-electron chi connectivity index (χ1n) is 8.20. The minimum atomic E-state index is -0.454. The van der Waals surface area contributed by atoms with Crippen molar-refractivity contribution in [3.63, 3.8) is 0 Å². The number of aliphatic hydroxyl groups excluding tert-OH is 1. The number of rotatable bonds is 0. The van der Waals surface area contributed by atoms with E-state index in [0.29, 0.717) is 24.0 Å². The molecular formula is C19H20O4. The lowest BCUT2D eigenvalue weighted by molar-refractivity contribution is -0.127. The van der Waals surface area contributed by atoms with Crippen LogP contribution in [0.4, 0.5) is 0 Å². The van der Waals surface area contributed by atoms with Crippen molar-refractivity contribution in [1.82, 2.24) is 0 Å². The average molecular weight is 312 g/mol. The molecule has 4 rings (SSSR count). The highest BCUT2D eigenvalue weighted by molar-refractivity contribution is 6.03. The third-order valence-corrected chi connectivity index (χ3v) is 6.39. The SMILES string of the molecule is C[C@]12CCC3c4ccc(O)cc4C(=O)CC3C1CC(=CO)C2=O. The van der Waals surface area contributed by atoms with Gasteiger partial charge in [0.2, 0.25) is 0 Å². The number of ketones is 2. The molecular weight excluding hydrogens is 292 g/mol. The Morgan fingerprint density at radius 3 is 2.78 bits per heavy atom. The van der Waals surface area contributed by atoms with Crippen molar-refractivity contribution in [2.24, 2.45) is 17.3 Å². The number of allylic oxidation sites excluding steroid dienone is 1. The summed E-state index contributed by atoms with van der Waals surface area (Å²) in [4.78, 5) is 25.2. The van der Waals surface area contributed by atoms with Gasteiger partial charge in [0.1, 0.15) is 5.75 Å². The van der Waals surface area contributed by atoms with Gasteiger partial charge >= 0.3 is 0 Å². The van der Waals surface area contributed by atoms with Gasteiger partial charge in [0, 0.05) is 23.0 Å². The zero-order valence-electron chi connectivity index (χ0n) is 13.1. The zero-order chi connectivity index (χ0) is 16.4. The highest BCUT2D eigenvalue weighted by atomic mass is 16.3. The minimum Gasteiger partial charge on any atom is -0.515 e. The Labute approximate surface area is 134 Å². The maximum atomic E-state index is 12.6. The molecule has 23 heavy (non-hydrogen) atoms. The number of Topliss-reactive ketones (excluding diaryl/α,β-unsaturated/α-hetero) is 2. The third kappa shape index (κ3) is 1.84. The summed E-state index contributed by atoms with van der Waals surface area (Å²) in [6.07, 6.45) is 3.59. The molecule has 120 valence electrons. The first-order valence-corrected chi connectivity index (χ1v) is 8.20. The molecule has 0 bridgehead atoms. The van der Waals surface area contributed by atoms with Gasteiger partial charge in [-0.1, -0.05) is 13.0 Å². The molecule has 0 aliphatic heterocycles. The Kier molecular flexibility index (Phi) is 2.96. The number of benzene rings is 1. The quantitative estimate of drug-likeness (QED) is 0.568. The second-order valence-electron chi connectivity index (χ2n) is 7.42. The van der Waals surface area contributed by atoms with Crippen LogP contribution in [0.5, 0.6) is 5.75 Å². The number of carbonyl (C=O) groups is 2. The molecule has 3 unspecified atom stereocenters. The first kappa shape index (κ1) is 14.5. The van der Waals surface area contributed by atoms with Crippen molar-refractivity contribution < 1.29 is 19.8 Å². The fourth-order valence-corrected chi connectivity index (χ4v) is 5.18. The zero-order valence-corrected chi connectivity index (χ0v) is 13.1. The van der Waals surface area contributed by atoms with E-state index in [1.54, 1.807) is 12.1 Å². The molecule has 1 aromatic rings. The van der Waals surface area contributed by atoms with E-state index in [-0.39, 0.29) is 35.1 Å². The van der Waals surface area contributed by atoms with Crippen LogP contribution in [0.3, 0.4) is 0 Å². The van der Waals surface area contributed by atoms with Gasteiger partial charge in [-0.3, -0.25) is 9.59 Å². The number of fused-ring (bicyclic) bond motifs is 5. The summed E-state index contributed by atoms with van der Waals surface area (Å²) in [6, 6.07) is 5.07. The summed E-state index contributed by atoms with van der Waals surface area (Å²) >= 11 is 0. The maximum Gasteiger partial charge on any atom is 0.168 e. The van der Waals surface area contributed by atoms with E-state index < -0.39 is 5.41 Å². The Balaban J connectivity index is 1.79. The summed E-state index contributed by atoms with van der Waals surface area (Å²) in [5.41, 5.74) is 1.70. The highest BCUT2D eigenvalue weighted by Crippen LogP contribution is 2.60. The fourth-order valence-electron chi connectivity index (χ4n) is 5.18. The largest absolute Gasteiger partial charge is 0.515 e. The Morgan fingerprint density at radius 1 is 1.26 bits per heavy atom. The standard InChI is InChI=1S/C19H20O4/c1-19-5-4-13-12-3-2-11(21)7-15(12)17(22)8-14(13)16(19)6-10(9-20)18(19)23/h2-3,7,9,13-14,16,20-21H,4-6,8H2,1H3/t13?,14?,16?,19-/m0/s1. The molecule has 1 aromatic carbocycles. The van der Waals surface area contributed by atoms with Crippen molar-refractivity contribution in [2.45, 2.75) is 38.5 Å². The van der Waals surface area contributed by atoms with Crippen molar-refractivity contribution in [1.29, 1.82) is 0 Å². The number of carbonyl (C=O) groups excluding carboxylic acids is 2. The van der Waals surface area contributed by atoms with Crippen molar-refractivity contribution in [3.8, 4) is 5.75 Å². The van der Waals surface area contributed by atoms with Crippen molar-refractivity contribution in [2.75, 3.05) is 0 Å². The van der Waals surface area contributed by atoms with Crippen molar-refractivity contribution >= 4 is 11.6 Å². The number of aliphatic hydroxyl groups is 1. The lowest BCUT2D eigenvalue weighted by Crippen LogP contribution is -2.43. The number of phenols is 1. The van der Waals surface area contributed by atoms with Gasteiger partial charge in [0.15, 0.2) is 11.6 Å². The van der Waals surface area contributed by atoms with E-state index in [9.17, 15) is 19.8 Å². The summed E-state index contributed by atoms with van der Waals surface area (Å²) < 4.78 is 0. The summed E-state index contributed by atoms with van der Waals surface area (Å²) in [5.74, 6) is 0.727. The van der Waals surface area contributed by atoms with Crippen LogP contribution in [0, 0.1) is 17.3 Å². The van der Waals surface area contributed by atoms with E-state index in [0.717, 1.165) is 24.7 Å². The van der Waals surface area contributed by atoms with E-state index in [1.165, 1.54) is 0 Å². The van der Waals surface area contributed by atoms with Crippen LogP contribution in [-0.4, -0.2) is 21.8 Å². The molecule has 3 aliphatic carbocycles. The van der Waals surface area contributed by atoms with Crippen LogP contribution in [0.1, 0.15) is 54.4 Å². The van der Waals surface area contributed by atoms with Gasteiger partial charge in [0.05, 0.1) is 6.26 Å². The van der Waals surface area contributed by atoms with Gasteiger partial charge in [-0.25, -0.2) is 0 Å². The van der Waals surface area contributed by atoms with Gasteiger partial charge in [-0.05, 0) is 54.7 Å². The summed E-state index contributed by atoms with van der Waals surface area (Å²) in [6.45, 7) is 1.99. The predicted octanol–water partition coefficient (Wildman–Crippen LogP) is 3.51. The molecule has 4 atom stereocenters. The number of phenolic OH excluding ortho intramolecular Hbond substituents is 1. The Bertz CT molecular complexity index is 748. The Hall–Kier alpha value is -2.10. The molecule has 2 fully saturated rings. The summed E-state index contributed by atoms with van der Waals surface area (Å²) in [5, 5.41) is 19.0. The lowest BCUT2D eigenvalue weighted by Gasteiger charge is -2.47. The molecule has 2 N–H and O–H groups in total. The van der Waals surface area contributed by atoms with Crippen LogP contribution in [0.2, 0.25) is 0 Å². The third-order valence-electron chi connectivity index (χ3n) is 6.39. The second-order valence-corrected chi connectivity index (χ2v) is 7.42. The Morgan fingerprint density at radius 2 is 2.04 bits per heavy atom. The van der Waals surface area contributed by atoms with Gasteiger partial charge < -0.3 is 10.2 Å². The monoisotopic (exact) mass is 312 g/mol. The summed E-state index contributed by atoms with van der Waals surface area (Å²) in [7, 11) is 0. The first-order chi connectivity index (χ1) is 11.0. The van der Waals surface area contributed by atoms with E-state index >= 15 is 0 Å². The molecule has 0 aromatic heterocycles. The average Bonchev–Trinajstić information content (AvgIpc) is 2.80. The van der Waals surface area contributed by atoms with E-state index in [4.69, 9.17) is 0 Å². The van der Waals surface area contributed by atoms with Gasteiger partial charge in [0.25, 0.3) is 0 Å². The molecule has 0 spiro atoms. The molecule has 0 radical (unpaired) electrons. The van der Waals surface area contributed by atoms with E-state index in [2.05, 4.69) is 0 Å². The molecule has 0 amide bonds. The molecule has 0 heterocycles. The van der Waals surface area contributed by atoms with Crippen LogP contribution < -0.4 is 0 Å². The fraction of sp³-hybridized carbons (Fsp3) is 0.474. The highest BCUT2D eigenvalue weighted by Gasteiger charge is 2.57. The number of hydrogen-bond donors (Lipinski definition) is 2. The number of hydrogen-bond acceptors (Lipinski definition) is 4. The van der Waals surface area contributed by atoms with Crippen LogP contribution in [0.15, 0.2) is 30.0 Å². The van der Waals surface area contributed by atoms with E-state index in [1.807, 2.05) is 13.0 Å². The molecule has 4 nitrogen and oxygen atoms in total. The second kappa shape index (κ2) is 4.70. The smallest absolute Gasteiger partial charge is 0.168 e. The molecule has 4 heteroatoms. The van der Waals surface area contributed by atoms with Crippen molar-refractivity contribution in [3.05, 3.63) is 41.2 Å². The lowest BCUT2D eigenvalue weighted by atomic mass is 9.55. The topological polar surface area (TPSA) is 74.6 Å². The van der Waals surface area contributed by atoms with Gasteiger partial charge in [-0.2, -0.15) is 0 Å². The number of aromatic hydroxyl groups is 1. The molecule has 0 saturated heterocycles. The normalized spacial score (nSPS) is 37.4. The van der Waals surface area contributed by atoms with Crippen LogP contribution in [0.25, 0.3) is 0 Å². The molecule has 2 saturated carbocycles. The van der Waals surface area contributed by atoms with Crippen LogP contribution in [-0.2, 0) is 4.79 Å².